The molecule has 0 saturated heterocycles. The lowest BCUT2D eigenvalue weighted by molar-refractivity contribution is 0.0943. The molecule has 2 heterocycles. The molecule has 0 radical (unpaired) electrons. The van der Waals surface area contributed by atoms with Gasteiger partial charge < -0.3 is 10.4 Å². The molecule has 1 unspecified atom stereocenters. The van der Waals surface area contributed by atoms with Crippen LogP contribution in [0.2, 0.25) is 0 Å². The van der Waals surface area contributed by atoms with E-state index < -0.39 is 6.04 Å². The Bertz CT molecular complexity index is 1460. The van der Waals surface area contributed by atoms with Gasteiger partial charge >= 0.3 is 0 Å². The van der Waals surface area contributed by atoms with Gasteiger partial charge in [-0.15, -0.1) is 0 Å². The number of carbonyl (C=O) groups is 1. The summed E-state index contributed by atoms with van der Waals surface area (Å²) >= 11 is 0. The average molecular weight is 422 g/mol. The second-order valence-electron chi connectivity index (χ2n) is 7.84. The first-order chi connectivity index (χ1) is 15.5. The van der Waals surface area contributed by atoms with Gasteiger partial charge in [-0.1, -0.05) is 60.7 Å². The highest BCUT2D eigenvalue weighted by molar-refractivity contribution is 5.98. The molecule has 2 aromatic heterocycles. The lowest BCUT2D eigenvalue weighted by atomic mass is 9.92. The molecule has 5 rings (SSSR count). The standard InChI is InChI=1S/C26H22N4O2/c1-16-21-14-19(15-27-25(21)30(2)29-16)26(32)28-24(18-9-4-3-5-10-18)23-20-11-7-6-8-17(20)12-13-22(23)31/h3-15,24,31H,1-2H3,(H,28,32). The van der Waals surface area contributed by atoms with E-state index >= 15 is 0 Å². The number of aromatic nitrogens is 3. The number of nitrogens with one attached hydrogen (secondary N) is 1. The number of nitrogens with zero attached hydrogens (tertiary/aromatic N) is 3. The summed E-state index contributed by atoms with van der Waals surface area (Å²) in [5.74, 6) is -0.140. The van der Waals surface area contributed by atoms with Crippen molar-refractivity contribution in [3.05, 3.63) is 101 Å². The van der Waals surface area contributed by atoms with Crippen LogP contribution in [0.15, 0.2) is 79.0 Å². The van der Waals surface area contributed by atoms with Gasteiger partial charge in [0.25, 0.3) is 5.91 Å². The zero-order chi connectivity index (χ0) is 22.2. The Balaban J connectivity index is 1.61. The largest absolute Gasteiger partial charge is 0.508 e. The van der Waals surface area contributed by atoms with Crippen molar-refractivity contribution in [1.29, 1.82) is 0 Å². The van der Waals surface area contributed by atoms with Crippen molar-refractivity contribution < 1.29 is 9.90 Å². The summed E-state index contributed by atoms with van der Waals surface area (Å²) in [7, 11) is 1.83. The number of pyridine rings is 1. The van der Waals surface area contributed by atoms with Gasteiger partial charge in [-0.3, -0.25) is 9.48 Å². The molecule has 0 aliphatic heterocycles. The second-order valence-corrected chi connectivity index (χ2v) is 7.84. The van der Waals surface area contributed by atoms with Gasteiger partial charge in [0.1, 0.15) is 5.75 Å². The molecule has 32 heavy (non-hydrogen) atoms. The van der Waals surface area contributed by atoms with Crippen LogP contribution in [0.4, 0.5) is 0 Å². The Morgan fingerprint density at radius 1 is 1.00 bits per heavy atom. The van der Waals surface area contributed by atoms with Gasteiger partial charge in [0.15, 0.2) is 5.65 Å². The van der Waals surface area contributed by atoms with Crippen LogP contribution in [-0.4, -0.2) is 25.8 Å². The van der Waals surface area contributed by atoms with Crippen molar-refractivity contribution in [3.8, 4) is 5.75 Å². The minimum atomic E-state index is -0.541. The molecule has 3 aromatic carbocycles. The molecular weight excluding hydrogens is 400 g/mol. The Labute approximate surface area is 185 Å². The number of aryl methyl sites for hydroxylation is 2. The van der Waals surface area contributed by atoms with E-state index in [1.54, 1.807) is 16.9 Å². The average Bonchev–Trinajstić information content (AvgIpc) is 3.11. The number of rotatable bonds is 4. The van der Waals surface area contributed by atoms with Crippen molar-refractivity contribution in [3.63, 3.8) is 0 Å². The molecule has 0 spiro atoms. The Hall–Kier alpha value is -4.19. The lowest BCUT2D eigenvalue weighted by Crippen LogP contribution is -2.29. The summed E-state index contributed by atoms with van der Waals surface area (Å²) in [4.78, 5) is 17.8. The third kappa shape index (κ3) is 3.36. The molecule has 5 aromatic rings. The van der Waals surface area contributed by atoms with E-state index in [9.17, 15) is 9.90 Å². The molecule has 0 aliphatic carbocycles. The van der Waals surface area contributed by atoms with Crippen molar-refractivity contribution in [2.24, 2.45) is 7.05 Å². The monoisotopic (exact) mass is 422 g/mol. The van der Waals surface area contributed by atoms with Crippen LogP contribution < -0.4 is 5.32 Å². The normalized spacial score (nSPS) is 12.2. The van der Waals surface area contributed by atoms with Gasteiger partial charge in [-0.2, -0.15) is 5.10 Å². The molecule has 0 saturated carbocycles. The fraction of sp³-hybridized carbons (Fsp3) is 0.115. The number of aromatic hydroxyl groups is 1. The third-order valence-electron chi connectivity index (χ3n) is 5.77. The smallest absolute Gasteiger partial charge is 0.253 e. The molecule has 2 N–H and O–H groups in total. The Morgan fingerprint density at radius 3 is 2.56 bits per heavy atom. The zero-order valence-corrected chi connectivity index (χ0v) is 17.8. The third-order valence-corrected chi connectivity index (χ3v) is 5.77. The summed E-state index contributed by atoms with van der Waals surface area (Å²) in [6, 6.07) is 22.3. The Kier molecular flexibility index (Phi) is 4.82. The van der Waals surface area contributed by atoms with Crippen LogP contribution in [0.3, 0.4) is 0 Å². The van der Waals surface area contributed by atoms with Crippen LogP contribution in [0, 0.1) is 6.92 Å². The van der Waals surface area contributed by atoms with Gasteiger partial charge in [0, 0.05) is 24.2 Å². The van der Waals surface area contributed by atoms with Crippen LogP contribution in [0.25, 0.3) is 21.8 Å². The molecule has 6 heteroatoms. The maximum absolute atomic E-state index is 13.4. The van der Waals surface area contributed by atoms with Gasteiger partial charge in [0.2, 0.25) is 0 Å². The van der Waals surface area contributed by atoms with Crippen molar-refractivity contribution >= 4 is 27.7 Å². The maximum Gasteiger partial charge on any atom is 0.253 e. The molecule has 0 fully saturated rings. The quantitative estimate of drug-likeness (QED) is 0.442. The van der Waals surface area contributed by atoms with E-state index in [1.165, 1.54) is 0 Å². The first kappa shape index (κ1) is 19.8. The number of carbonyl (C=O) groups excluding carboxylic acids is 1. The highest BCUT2D eigenvalue weighted by atomic mass is 16.3. The van der Waals surface area contributed by atoms with Crippen molar-refractivity contribution in [1.82, 2.24) is 20.1 Å². The van der Waals surface area contributed by atoms with Crippen LogP contribution in [0.1, 0.15) is 33.2 Å². The Morgan fingerprint density at radius 2 is 1.75 bits per heavy atom. The summed E-state index contributed by atoms with van der Waals surface area (Å²) in [6.45, 7) is 1.90. The first-order valence-corrected chi connectivity index (χ1v) is 10.4. The topological polar surface area (TPSA) is 80.0 Å². The molecular formula is C26H22N4O2. The minimum absolute atomic E-state index is 0.134. The van der Waals surface area contributed by atoms with Crippen LogP contribution in [0.5, 0.6) is 5.75 Å². The number of phenolic OH excluding ortho intramolecular Hbond substituents is 1. The maximum atomic E-state index is 13.4. The van der Waals surface area contributed by atoms with E-state index in [-0.39, 0.29) is 11.7 Å². The van der Waals surface area contributed by atoms with Crippen LogP contribution in [-0.2, 0) is 7.05 Å². The van der Waals surface area contributed by atoms with E-state index in [2.05, 4.69) is 15.4 Å². The molecule has 0 aliphatic rings. The molecule has 0 bridgehead atoms. The molecule has 1 atom stereocenters. The number of phenols is 1. The van der Waals surface area contributed by atoms with E-state index in [0.29, 0.717) is 11.1 Å². The zero-order valence-electron chi connectivity index (χ0n) is 17.8. The molecule has 1 amide bonds. The number of fused-ring (bicyclic) bond motifs is 2. The van der Waals surface area contributed by atoms with Gasteiger partial charge in [0.05, 0.1) is 17.3 Å². The number of benzene rings is 3. The number of amides is 1. The molecule has 6 nitrogen and oxygen atoms in total. The van der Waals surface area contributed by atoms with E-state index in [1.807, 2.05) is 80.7 Å². The summed E-state index contributed by atoms with van der Waals surface area (Å²) in [6.07, 6.45) is 1.56. The van der Waals surface area contributed by atoms with Crippen molar-refractivity contribution in [2.45, 2.75) is 13.0 Å². The SMILES string of the molecule is Cc1nn(C)c2ncc(C(=O)NC(c3ccccc3)c3c(O)ccc4ccccc34)cc12. The summed E-state index contributed by atoms with van der Waals surface area (Å²) in [5, 5.41) is 21.1. The lowest BCUT2D eigenvalue weighted by Gasteiger charge is -2.22. The molecule has 158 valence electrons. The van der Waals surface area contributed by atoms with Crippen LogP contribution >= 0.6 is 0 Å². The fourth-order valence-corrected chi connectivity index (χ4v) is 4.20. The number of hydrogen-bond acceptors (Lipinski definition) is 4. The highest BCUT2D eigenvalue weighted by Crippen LogP contribution is 2.36. The predicted octanol–water partition coefficient (Wildman–Crippen LogP) is 4.65. The number of hydrogen-bond donors (Lipinski definition) is 2. The van der Waals surface area contributed by atoms with Gasteiger partial charge in [-0.25, -0.2) is 4.98 Å². The highest BCUT2D eigenvalue weighted by Gasteiger charge is 2.23. The first-order valence-electron chi connectivity index (χ1n) is 10.4. The van der Waals surface area contributed by atoms with Gasteiger partial charge in [-0.05, 0) is 35.4 Å². The summed E-state index contributed by atoms with van der Waals surface area (Å²) in [5.41, 5.74) is 3.52. The second kappa shape index (κ2) is 7.81. The van der Waals surface area contributed by atoms with E-state index in [0.717, 1.165) is 33.1 Å². The minimum Gasteiger partial charge on any atom is -0.508 e. The summed E-state index contributed by atoms with van der Waals surface area (Å²) < 4.78 is 1.70. The fourth-order valence-electron chi connectivity index (χ4n) is 4.20. The van der Waals surface area contributed by atoms with Crippen molar-refractivity contribution in [2.75, 3.05) is 0 Å². The van der Waals surface area contributed by atoms with E-state index in [4.69, 9.17) is 0 Å². The predicted molar refractivity (Wildman–Crippen MR) is 125 cm³/mol.